The molecule has 1 N–H and O–H groups in total. The maximum atomic E-state index is 13.4. The summed E-state index contributed by atoms with van der Waals surface area (Å²) in [6.45, 7) is 7.03. The first-order valence-corrected chi connectivity index (χ1v) is 11.6. The van der Waals surface area contributed by atoms with Gasteiger partial charge in [0.1, 0.15) is 10.7 Å². The smallest absolute Gasteiger partial charge is 0.312 e. The molecule has 0 radical (unpaired) electrons. The molecule has 0 bridgehead atoms. The molecule has 5 rings (SSSR count). The van der Waals surface area contributed by atoms with Crippen LogP contribution in [0.5, 0.6) is 0 Å². The quantitative estimate of drug-likeness (QED) is 0.254. The molecule has 1 aliphatic heterocycles. The highest BCUT2D eigenvalue weighted by Gasteiger charge is 2.47. The summed E-state index contributed by atoms with van der Waals surface area (Å²) in [6.07, 6.45) is 3.16. The number of aromatic nitrogens is 3. The predicted molar refractivity (Wildman–Crippen MR) is 136 cm³/mol. The Labute approximate surface area is 211 Å². The van der Waals surface area contributed by atoms with Crippen LogP contribution in [0.1, 0.15) is 11.1 Å². The lowest BCUT2D eigenvalue weighted by Crippen LogP contribution is -2.59. The number of carbonyl (C=O) groups excluding carboxylic acids is 1. The van der Waals surface area contributed by atoms with Crippen LogP contribution in [0.3, 0.4) is 0 Å². The zero-order valence-corrected chi connectivity index (χ0v) is 19.9. The van der Waals surface area contributed by atoms with Gasteiger partial charge < -0.3 is 4.90 Å². The molecule has 2 amide bonds. The minimum absolute atomic E-state index is 0.169. The lowest BCUT2D eigenvalue weighted by molar-refractivity contribution is -0.107. The lowest BCUT2D eigenvalue weighted by atomic mass is 9.77. The second-order valence-corrected chi connectivity index (χ2v) is 8.99. The molecule has 1 aliphatic rings. The van der Waals surface area contributed by atoms with Crippen LogP contribution in [0, 0.1) is 0 Å². The van der Waals surface area contributed by atoms with Gasteiger partial charge in [-0.1, -0.05) is 91.5 Å². The van der Waals surface area contributed by atoms with Gasteiger partial charge in [0.25, 0.3) is 5.92 Å². The molecule has 1 saturated heterocycles. The molecule has 2 aromatic carbocycles. The van der Waals surface area contributed by atoms with Gasteiger partial charge in [0.2, 0.25) is 0 Å². The number of nitrogens with zero attached hydrogens (tertiary/aromatic N) is 4. The van der Waals surface area contributed by atoms with Crippen molar-refractivity contribution in [3.63, 3.8) is 0 Å². The van der Waals surface area contributed by atoms with E-state index < -0.39 is 30.6 Å². The number of pyridine rings is 1. The predicted octanol–water partition coefficient (Wildman–Crippen LogP) is 6.10. The number of urea groups is 1. The third-order valence-electron chi connectivity index (χ3n) is 6.30. The number of allylic oxidation sites excluding steroid dienone is 2. The molecule has 2 aromatic heterocycles. The van der Waals surface area contributed by atoms with Crippen molar-refractivity contribution in [3.8, 4) is 0 Å². The van der Waals surface area contributed by atoms with Crippen LogP contribution < -0.4 is 5.32 Å². The van der Waals surface area contributed by atoms with Crippen LogP contribution >= 0.6 is 11.6 Å². The van der Waals surface area contributed by atoms with Crippen molar-refractivity contribution in [3.05, 3.63) is 114 Å². The van der Waals surface area contributed by atoms with Crippen molar-refractivity contribution < 1.29 is 13.6 Å². The van der Waals surface area contributed by atoms with Gasteiger partial charge in [-0.3, -0.25) is 5.32 Å². The molecule has 0 saturated carbocycles. The first-order valence-electron chi connectivity index (χ1n) is 11.2. The first-order chi connectivity index (χ1) is 17.3. The molecule has 9 heteroatoms. The summed E-state index contributed by atoms with van der Waals surface area (Å²) in [6, 6.07) is 20.3. The van der Waals surface area contributed by atoms with E-state index in [0.717, 1.165) is 16.0 Å². The van der Waals surface area contributed by atoms with Gasteiger partial charge in [-0.25, -0.2) is 23.2 Å². The third-order valence-corrected chi connectivity index (χ3v) is 6.51. The van der Waals surface area contributed by atoms with Crippen molar-refractivity contribution in [2.75, 3.05) is 18.4 Å². The van der Waals surface area contributed by atoms with E-state index in [9.17, 15) is 13.6 Å². The molecule has 4 aromatic rings. The molecular formula is C27H22ClF2N5O. The van der Waals surface area contributed by atoms with Gasteiger partial charge in [-0.05, 0) is 16.7 Å². The first kappa shape index (κ1) is 23.7. The number of fused-ring (bicyclic) bond motifs is 1. The molecule has 182 valence electrons. The normalized spacial score (nSPS) is 14.8. The summed E-state index contributed by atoms with van der Waals surface area (Å²) in [4.78, 5) is 17.9. The zero-order chi connectivity index (χ0) is 25.5. The van der Waals surface area contributed by atoms with Gasteiger partial charge in [0.15, 0.2) is 5.82 Å². The molecule has 3 heterocycles. The van der Waals surface area contributed by atoms with Crippen molar-refractivity contribution in [1.82, 2.24) is 19.7 Å². The fourth-order valence-corrected chi connectivity index (χ4v) is 4.75. The Morgan fingerprint density at radius 3 is 2.19 bits per heavy atom. The molecular weight excluding hydrogens is 484 g/mol. The van der Waals surface area contributed by atoms with Crippen molar-refractivity contribution in [2.45, 2.75) is 11.5 Å². The van der Waals surface area contributed by atoms with Crippen LogP contribution in [-0.2, 0) is 5.54 Å². The SMILES string of the molecule is C=CC(=C)C(c1ccccc1)(c1ccccc1)n1nc(NC(=O)N2CC(F)(F)C2)c2cnc(Cl)cc21. The summed E-state index contributed by atoms with van der Waals surface area (Å²) in [7, 11) is 0. The Kier molecular flexibility index (Phi) is 5.84. The van der Waals surface area contributed by atoms with Gasteiger partial charge in [0, 0.05) is 12.3 Å². The van der Waals surface area contributed by atoms with Gasteiger partial charge in [-0.2, -0.15) is 5.10 Å². The standard InChI is InChI=1S/C27H22ClF2N5O/c1-3-18(2)27(19-10-6-4-7-11-19,20-12-8-5-9-13-20)35-22-14-23(28)31-15-21(22)24(33-35)32-25(36)34-16-26(29,30)17-34/h3-15H,1-2,16-17H2,(H,32,33,36). The molecule has 36 heavy (non-hydrogen) atoms. The second-order valence-electron chi connectivity index (χ2n) is 8.60. The summed E-state index contributed by atoms with van der Waals surface area (Å²) in [5, 5.41) is 8.20. The van der Waals surface area contributed by atoms with E-state index in [1.807, 2.05) is 60.7 Å². The maximum Gasteiger partial charge on any atom is 0.323 e. The van der Waals surface area contributed by atoms with Crippen LogP contribution in [0.15, 0.2) is 97.7 Å². The number of halogens is 3. The highest BCUT2D eigenvalue weighted by Crippen LogP contribution is 2.43. The topological polar surface area (TPSA) is 63.1 Å². The zero-order valence-electron chi connectivity index (χ0n) is 19.2. The van der Waals surface area contributed by atoms with Crippen LogP contribution in [0.2, 0.25) is 5.15 Å². The average Bonchev–Trinajstić information content (AvgIpc) is 3.21. The third kappa shape index (κ3) is 3.83. The van der Waals surface area contributed by atoms with E-state index in [4.69, 9.17) is 16.7 Å². The Bertz CT molecular complexity index is 1420. The number of likely N-dealkylation sites (tertiary alicyclic amines) is 1. The largest absolute Gasteiger partial charge is 0.323 e. The average molecular weight is 506 g/mol. The maximum absolute atomic E-state index is 13.4. The number of rotatable bonds is 6. The number of benzene rings is 2. The Balaban J connectivity index is 1.76. The fourth-order valence-electron chi connectivity index (χ4n) is 4.59. The number of anilines is 1. The highest BCUT2D eigenvalue weighted by atomic mass is 35.5. The van der Waals surface area contributed by atoms with Crippen LogP contribution in [-0.4, -0.2) is 44.7 Å². The molecule has 0 unspecified atom stereocenters. The summed E-state index contributed by atoms with van der Waals surface area (Å²) in [5.74, 6) is -2.71. The number of carbonyl (C=O) groups is 1. The minimum atomic E-state index is -2.88. The highest BCUT2D eigenvalue weighted by molar-refractivity contribution is 6.30. The molecule has 0 aliphatic carbocycles. The summed E-state index contributed by atoms with van der Waals surface area (Å²) >= 11 is 6.30. The van der Waals surface area contributed by atoms with Gasteiger partial charge in [-0.15, -0.1) is 0 Å². The van der Waals surface area contributed by atoms with Crippen LogP contribution in [0.25, 0.3) is 10.9 Å². The van der Waals surface area contributed by atoms with E-state index in [1.54, 1.807) is 16.8 Å². The summed E-state index contributed by atoms with van der Waals surface area (Å²) in [5.41, 5.74) is 1.81. The van der Waals surface area contributed by atoms with Crippen molar-refractivity contribution in [2.24, 2.45) is 0 Å². The Morgan fingerprint density at radius 1 is 1.08 bits per heavy atom. The number of hydrogen-bond donors (Lipinski definition) is 1. The fraction of sp³-hybridized carbons (Fsp3) is 0.148. The lowest BCUT2D eigenvalue weighted by Gasteiger charge is -2.38. The number of alkyl halides is 2. The van der Waals surface area contributed by atoms with E-state index in [0.29, 0.717) is 16.5 Å². The monoisotopic (exact) mass is 505 g/mol. The van der Waals surface area contributed by atoms with Crippen molar-refractivity contribution in [1.29, 1.82) is 0 Å². The second kappa shape index (κ2) is 8.87. The molecule has 0 spiro atoms. The van der Waals surface area contributed by atoms with E-state index in [1.165, 1.54) is 6.20 Å². The number of amides is 2. The van der Waals surface area contributed by atoms with E-state index in [2.05, 4.69) is 23.5 Å². The molecule has 1 fully saturated rings. The minimum Gasteiger partial charge on any atom is -0.312 e. The Hall–Kier alpha value is -4.04. The Morgan fingerprint density at radius 2 is 1.67 bits per heavy atom. The van der Waals surface area contributed by atoms with E-state index >= 15 is 0 Å². The summed E-state index contributed by atoms with van der Waals surface area (Å²) < 4.78 is 28.5. The molecule has 0 atom stereocenters. The number of nitrogens with one attached hydrogen (secondary N) is 1. The number of hydrogen-bond acceptors (Lipinski definition) is 3. The van der Waals surface area contributed by atoms with Gasteiger partial charge >= 0.3 is 6.03 Å². The van der Waals surface area contributed by atoms with E-state index in [-0.39, 0.29) is 11.0 Å². The van der Waals surface area contributed by atoms with Gasteiger partial charge in [0.05, 0.1) is 24.0 Å². The molecule has 6 nitrogen and oxygen atoms in total. The van der Waals surface area contributed by atoms with Crippen LogP contribution in [0.4, 0.5) is 19.4 Å². The van der Waals surface area contributed by atoms with Crippen molar-refractivity contribution >= 4 is 34.4 Å².